The number of ketones is 1. The summed E-state index contributed by atoms with van der Waals surface area (Å²) in [5, 5.41) is 10.7. The van der Waals surface area contributed by atoms with E-state index in [1.165, 1.54) is 0 Å². The second-order valence-corrected chi connectivity index (χ2v) is 4.21. The van der Waals surface area contributed by atoms with Gasteiger partial charge in [-0.15, -0.1) is 5.10 Å². The standard InChI is InChI=1S/C11H19N5O2/c1-8(17)3-4-9-7-16(15-14-9)6-5-10(13-2)11(12)18/h7,10,13H,3-6H2,1-2H3,(H2,12,18). The number of carbonyl (C=O) groups excluding carboxylic acids is 2. The molecule has 1 unspecified atom stereocenters. The summed E-state index contributed by atoms with van der Waals surface area (Å²) < 4.78 is 1.66. The molecule has 0 fully saturated rings. The number of amides is 1. The number of carbonyl (C=O) groups is 2. The monoisotopic (exact) mass is 253 g/mol. The van der Waals surface area contributed by atoms with Crippen molar-refractivity contribution in [2.24, 2.45) is 5.73 Å². The number of aromatic nitrogens is 3. The maximum Gasteiger partial charge on any atom is 0.234 e. The van der Waals surface area contributed by atoms with Crippen LogP contribution in [0.5, 0.6) is 0 Å². The molecule has 1 aromatic heterocycles. The predicted molar refractivity (Wildman–Crippen MR) is 65.7 cm³/mol. The van der Waals surface area contributed by atoms with Gasteiger partial charge < -0.3 is 15.8 Å². The zero-order valence-electron chi connectivity index (χ0n) is 10.7. The molecule has 1 atom stereocenters. The van der Waals surface area contributed by atoms with Gasteiger partial charge in [-0.25, -0.2) is 0 Å². The molecular formula is C11H19N5O2. The van der Waals surface area contributed by atoms with Crippen LogP contribution in [0.4, 0.5) is 0 Å². The summed E-state index contributed by atoms with van der Waals surface area (Å²) in [5.74, 6) is -0.247. The molecule has 1 amide bonds. The Morgan fingerprint density at radius 2 is 2.28 bits per heavy atom. The van der Waals surface area contributed by atoms with Gasteiger partial charge in [0.25, 0.3) is 0 Å². The third kappa shape index (κ3) is 4.62. The number of nitrogens with two attached hydrogens (primary N) is 1. The summed E-state index contributed by atoms with van der Waals surface area (Å²) in [6.07, 6.45) is 3.41. The van der Waals surface area contributed by atoms with Crippen LogP contribution in [0.1, 0.15) is 25.5 Å². The van der Waals surface area contributed by atoms with Gasteiger partial charge in [0.2, 0.25) is 5.91 Å². The molecule has 0 saturated heterocycles. The maximum atomic E-state index is 11.0. The number of likely N-dealkylation sites (N-methyl/N-ethyl adjacent to an activating group) is 1. The van der Waals surface area contributed by atoms with Crippen LogP contribution >= 0.6 is 0 Å². The smallest absolute Gasteiger partial charge is 0.234 e. The molecular weight excluding hydrogens is 234 g/mol. The lowest BCUT2D eigenvalue weighted by atomic mass is 10.2. The Morgan fingerprint density at radius 1 is 1.56 bits per heavy atom. The Kier molecular flexibility index (Phi) is 5.44. The Hall–Kier alpha value is -1.76. The molecule has 1 heterocycles. The van der Waals surface area contributed by atoms with Crippen LogP contribution in [-0.4, -0.2) is 39.8 Å². The predicted octanol–water partition coefficient (Wildman–Crippen LogP) is -0.737. The largest absolute Gasteiger partial charge is 0.368 e. The summed E-state index contributed by atoms with van der Waals surface area (Å²) in [5.41, 5.74) is 6.00. The third-order valence-electron chi connectivity index (χ3n) is 2.66. The normalized spacial score (nSPS) is 12.3. The van der Waals surface area contributed by atoms with Crippen molar-refractivity contribution >= 4 is 11.7 Å². The zero-order chi connectivity index (χ0) is 13.5. The number of hydrogen-bond acceptors (Lipinski definition) is 5. The van der Waals surface area contributed by atoms with Gasteiger partial charge in [0.15, 0.2) is 0 Å². The summed E-state index contributed by atoms with van der Waals surface area (Å²) in [6, 6.07) is -0.366. The number of rotatable bonds is 8. The minimum absolute atomic E-state index is 0.133. The number of nitrogens with one attached hydrogen (secondary N) is 1. The van der Waals surface area contributed by atoms with Crippen molar-refractivity contribution in [1.82, 2.24) is 20.3 Å². The van der Waals surface area contributed by atoms with Crippen LogP contribution in [0, 0.1) is 0 Å². The SMILES string of the molecule is CNC(CCn1cc(CCC(C)=O)nn1)C(N)=O. The third-order valence-corrected chi connectivity index (χ3v) is 2.66. The van der Waals surface area contributed by atoms with E-state index in [9.17, 15) is 9.59 Å². The fourth-order valence-electron chi connectivity index (χ4n) is 1.56. The number of hydrogen-bond donors (Lipinski definition) is 2. The van der Waals surface area contributed by atoms with Gasteiger partial charge >= 0.3 is 0 Å². The highest BCUT2D eigenvalue weighted by Gasteiger charge is 2.12. The van der Waals surface area contributed by atoms with Gasteiger partial charge in [-0.05, 0) is 26.8 Å². The highest BCUT2D eigenvalue weighted by Crippen LogP contribution is 2.01. The summed E-state index contributed by atoms with van der Waals surface area (Å²) in [7, 11) is 1.69. The number of Topliss-reactive ketones (excluding diaryl/α,β-unsaturated/α-hetero) is 1. The molecule has 0 aromatic carbocycles. The van der Waals surface area contributed by atoms with Gasteiger partial charge in [-0.1, -0.05) is 5.21 Å². The van der Waals surface area contributed by atoms with Crippen LogP contribution < -0.4 is 11.1 Å². The molecule has 0 spiro atoms. The van der Waals surface area contributed by atoms with Crippen LogP contribution in [0.2, 0.25) is 0 Å². The van der Waals surface area contributed by atoms with Crippen molar-refractivity contribution in [2.75, 3.05) is 7.05 Å². The van der Waals surface area contributed by atoms with E-state index in [4.69, 9.17) is 5.73 Å². The van der Waals surface area contributed by atoms with Crippen LogP contribution in [0.3, 0.4) is 0 Å². The van der Waals surface area contributed by atoms with Gasteiger partial charge in [0.1, 0.15) is 5.78 Å². The first-order valence-electron chi connectivity index (χ1n) is 5.88. The lowest BCUT2D eigenvalue weighted by Gasteiger charge is -2.11. The van der Waals surface area contributed by atoms with E-state index in [0.717, 1.165) is 5.69 Å². The summed E-state index contributed by atoms with van der Waals surface area (Å²) in [4.78, 5) is 21.8. The zero-order valence-corrected chi connectivity index (χ0v) is 10.7. The molecule has 7 nitrogen and oxygen atoms in total. The Balaban J connectivity index is 2.43. The molecule has 7 heteroatoms. The number of primary amides is 1. The van der Waals surface area contributed by atoms with Crippen LogP contribution in [0.15, 0.2) is 6.20 Å². The van der Waals surface area contributed by atoms with Gasteiger partial charge in [-0.2, -0.15) is 0 Å². The second kappa shape index (κ2) is 6.85. The average molecular weight is 253 g/mol. The topological polar surface area (TPSA) is 103 Å². The van der Waals surface area contributed by atoms with E-state index in [1.807, 2.05) is 0 Å². The second-order valence-electron chi connectivity index (χ2n) is 4.21. The van der Waals surface area contributed by atoms with Crippen molar-refractivity contribution in [2.45, 2.75) is 38.8 Å². The Morgan fingerprint density at radius 3 is 2.83 bits per heavy atom. The quantitative estimate of drug-likeness (QED) is 0.635. The molecule has 0 saturated carbocycles. The summed E-state index contributed by atoms with van der Waals surface area (Å²) in [6.45, 7) is 2.11. The van der Waals surface area contributed by atoms with E-state index in [-0.39, 0.29) is 17.7 Å². The van der Waals surface area contributed by atoms with E-state index >= 15 is 0 Å². The molecule has 100 valence electrons. The fourth-order valence-corrected chi connectivity index (χ4v) is 1.56. The Bertz CT molecular complexity index is 415. The van der Waals surface area contributed by atoms with Crippen molar-refractivity contribution in [3.05, 3.63) is 11.9 Å². The Labute approximate surface area is 106 Å². The van der Waals surface area contributed by atoms with Crippen LogP contribution in [-0.2, 0) is 22.6 Å². The molecule has 3 N–H and O–H groups in total. The van der Waals surface area contributed by atoms with Crippen molar-refractivity contribution in [1.29, 1.82) is 0 Å². The van der Waals surface area contributed by atoms with E-state index in [0.29, 0.717) is 25.8 Å². The molecule has 0 radical (unpaired) electrons. The van der Waals surface area contributed by atoms with Crippen molar-refractivity contribution in [3.8, 4) is 0 Å². The highest BCUT2D eigenvalue weighted by atomic mass is 16.1. The van der Waals surface area contributed by atoms with Crippen LogP contribution in [0.25, 0.3) is 0 Å². The number of aryl methyl sites for hydroxylation is 2. The maximum absolute atomic E-state index is 11.0. The van der Waals surface area contributed by atoms with Gasteiger partial charge in [-0.3, -0.25) is 9.48 Å². The highest BCUT2D eigenvalue weighted by molar-refractivity contribution is 5.79. The molecule has 0 aliphatic carbocycles. The first-order valence-corrected chi connectivity index (χ1v) is 5.88. The van der Waals surface area contributed by atoms with Gasteiger partial charge in [0.05, 0.1) is 11.7 Å². The molecule has 0 bridgehead atoms. The van der Waals surface area contributed by atoms with Gasteiger partial charge in [0, 0.05) is 19.2 Å². The average Bonchev–Trinajstić information content (AvgIpc) is 2.75. The molecule has 1 rings (SSSR count). The molecule has 1 aromatic rings. The first kappa shape index (κ1) is 14.3. The van der Waals surface area contributed by atoms with Crippen molar-refractivity contribution < 1.29 is 9.59 Å². The van der Waals surface area contributed by atoms with E-state index < -0.39 is 0 Å². The molecule has 18 heavy (non-hydrogen) atoms. The molecule has 0 aliphatic rings. The lowest BCUT2D eigenvalue weighted by molar-refractivity contribution is -0.120. The first-order chi connectivity index (χ1) is 8.52. The fraction of sp³-hybridized carbons (Fsp3) is 0.636. The lowest BCUT2D eigenvalue weighted by Crippen LogP contribution is -2.39. The number of nitrogens with zero attached hydrogens (tertiary/aromatic N) is 3. The summed E-state index contributed by atoms with van der Waals surface area (Å²) >= 11 is 0. The van der Waals surface area contributed by atoms with Crippen molar-refractivity contribution in [3.63, 3.8) is 0 Å². The molecule has 0 aliphatic heterocycles. The van der Waals surface area contributed by atoms with E-state index in [2.05, 4.69) is 15.6 Å². The minimum atomic E-state index is -0.380. The van der Waals surface area contributed by atoms with E-state index in [1.54, 1.807) is 24.9 Å². The minimum Gasteiger partial charge on any atom is -0.368 e.